The number of halogens is 1. The number of rotatable bonds is 4. The van der Waals surface area contributed by atoms with Crippen molar-refractivity contribution < 1.29 is 14.3 Å². The molecule has 0 saturated carbocycles. The molecule has 1 aromatic rings. The highest BCUT2D eigenvalue weighted by atomic mass is 35.5. The maximum atomic E-state index is 11.8. The number of carbonyl (C=O) groups excluding carboxylic acids is 1. The Morgan fingerprint density at radius 1 is 1.33 bits per heavy atom. The molecule has 1 heterocycles. The summed E-state index contributed by atoms with van der Waals surface area (Å²) in [5.74, 6) is 0.722. The lowest BCUT2D eigenvalue weighted by Crippen LogP contribution is -2.41. The van der Waals surface area contributed by atoms with E-state index in [2.05, 4.69) is 0 Å². The lowest BCUT2D eigenvalue weighted by Gasteiger charge is -2.26. The lowest BCUT2D eigenvalue weighted by molar-refractivity contribution is -0.135. The van der Waals surface area contributed by atoms with Crippen LogP contribution in [0.2, 0.25) is 5.02 Å². The van der Waals surface area contributed by atoms with E-state index in [1.165, 1.54) is 0 Å². The minimum Gasteiger partial charge on any atom is -0.491 e. The number of carbonyl (C=O) groups is 1. The first-order valence-electron chi connectivity index (χ1n) is 6.00. The molecule has 1 amide bonds. The summed E-state index contributed by atoms with van der Waals surface area (Å²) in [4.78, 5) is 13.6. The summed E-state index contributed by atoms with van der Waals surface area (Å²) in [7, 11) is 0. The quantitative estimate of drug-likeness (QED) is 0.839. The number of nitrogens with zero attached hydrogens (tertiary/aromatic N) is 1. The Hall–Kier alpha value is -1.26. The smallest absolute Gasteiger partial charge is 0.226 e. The Morgan fingerprint density at radius 3 is 2.78 bits per heavy atom. The van der Waals surface area contributed by atoms with Crippen molar-refractivity contribution in [2.24, 2.45) is 0 Å². The summed E-state index contributed by atoms with van der Waals surface area (Å²) >= 11 is 5.95. The van der Waals surface area contributed by atoms with Crippen molar-refractivity contribution in [1.82, 2.24) is 4.90 Å². The molecule has 0 spiro atoms. The summed E-state index contributed by atoms with van der Waals surface area (Å²) in [5, 5.41) is 0.566. The van der Waals surface area contributed by atoms with E-state index in [0.717, 1.165) is 0 Å². The molecular formula is C13H16ClNO3. The van der Waals surface area contributed by atoms with Crippen LogP contribution in [0.3, 0.4) is 0 Å². The number of para-hydroxylation sites is 1. The third-order valence-electron chi connectivity index (χ3n) is 2.77. The molecule has 18 heavy (non-hydrogen) atoms. The second-order valence-corrected chi connectivity index (χ2v) is 4.43. The van der Waals surface area contributed by atoms with Crippen molar-refractivity contribution >= 4 is 17.5 Å². The van der Waals surface area contributed by atoms with Crippen LogP contribution in [0, 0.1) is 0 Å². The molecule has 0 radical (unpaired) electrons. The number of hydrogen-bond donors (Lipinski definition) is 0. The fraction of sp³-hybridized carbons (Fsp3) is 0.462. The van der Waals surface area contributed by atoms with Crippen LogP contribution in [0.4, 0.5) is 0 Å². The molecule has 0 N–H and O–H groups in total. The Kier molecular flexibility index (Phi) is 4.84. The van der Waals surface area contributed by atoms with Crippen LogP contribution in [0.25, 0.3) is 0 Å². The number of morpholine rings is 1. The van der Waals surface area contributed by atoms with Crippen LogP contribution >= 0.6 is 11.6 Å². The zero-order chi connectivity index (χ0) is 12.8. The van der Waals surface area contributed by atoms with Gasteiger partial charge in [0.05, 0.1) is 31.3 Å². The molecule has 0 atom stereocenters. The molecular weight excluding hydrogens is 254 g/mol. The molecule has 0 unspecified atom stereocenters. The molecule has 0 aromatic heterocycles. The lowest BCUT2D eigenvalue weighted by atomic mass is 10.3. The van der Waals surface area contributed by atoms with Crippen LogP contribution in [-0.4, -0.2) is 43.7 Å². The van der Waals surface area contributed by atoms with E-state index in [9.17, 15) is 4.79 Å². The van der Waals surface area contributed by atoms with Crippen LogP contribution < -0.4 is 4.74 Å². The third-order valence-corrected chi connectivity index (χ3v) is 3.09. The molecule has 1 aromatic carbocycles. The van der Waals surface area contributed by atoms with Gasteiger partial charge in [-0.1, -0.05) is 23.7 Å². The van der Waals surface area contributed by atoms with Gasteiger partial charge < -0.3 is 14.4 Å². The first-order chi connectivity index (χ1) is 8.77. The van der Waals surface area contributed by atoms with E-state index in [1.807, 2.05) is 12.1 Å². The average molecular weight is 270 g/mol. The second kappa shape index (κ2) is 6.61. The number of amides is 1. The molecule has 1 fully saturated rings. The molecule has 0 bridgehead atoms. The number of hydrogen-bond acceptors (Lipinski definition) is 3. The first-order valence-corrected chi connectivity index (χ1v) is 6.38. The van der Waals surface area contributed by atoms with Gasteiger partial charge >= 0.3 is 0 Å². The largest absolute Gasteiger partial charge is 0.491 e. The van der Waals surface area contributed by atoms with Gasteiger partial charge in [0.2, 0.25) is 5.91 Å². The van der Waals surface area contributed by atoms with Crippen molar-refractivity contribution in [3.8, 4) is 5.75 Å². The monoisotopic (exact) mass is 269 g/mol. The van der Waals surface area contributed by atoms with E-state index in [1.54, 1.807) is 17.0 Å². The highest BCUT2D eigenvalue weighted by molar-refractivity contribution is 6.32. The third kappa shape index (κ3) is 3.62. The zero-order valence-electron chi connectivity index (χ0n) is 10.1. The van der Waals surface area contributed by atoms with Crippen molar-refractivity contribution in [2.45, 2.75) is 6.42 Å². The summed E-state index contributed by atoms with van der Waals surface area (Å²) in [6, 6.07) is 7.25. The summed E-state index contributed by atoms with van der Waals surface area (Å²) in [6.07, 6.45) is 0.366. The van der Waals surface area contributed by atoms with Crippen LogP contribution in [0.1, 0.15) is 6.42 Å². The molecule has 1 aliphatic heterocycles. The standard InChI is InChI=1S/C13H16ClNO3/c14-11-3-1-2-4-12(11)18-8-5-13(16)15-6-9-17-10-7-15/h1-4H,5-10H2. The molecule has 4 nitrogen and oxygen atoms in total. The van der Waals surface area contributed by atoms with Gasteiger partial charge in [-0.05, 0) is 12.1 Å². The Morgan fingerprint density at radius 2 is 2.06 bits per heavy atom. The first kappa shape index (κ1) is 13.2. The molecule has 0 aliphatic carbocycles. The van der Waals surface area contributed by atoms with E-state index in [0.29, 0.717) is 50.1 Å². The Bertz CT molecular complexity index is 405. The minimum absolute atomic E-state index is 0.102. The highest BCUT2D eigenvalue weighted by Crippen LogP contribution is 2.23. The van der Waals surface area contributed by atoms with Crippen molar-refractivity contribution in [1.29, 1.82) is 0 Å². The summed E-state index contributed by atoms with van der Waals surface area (Å²) in [6.45, 7) is 2.93. The molecule has 1 saturated heterocycles. The van der Waals surface area contributed by atoms with Gasteiger partial charge in [0, 0.05) is 13.1 Å². The van der Waals surface area contributed by atoms with Crippen molar-refractivity contribution in [3.63, 3.8) is 0 Å². The van der Waals surface area contributed by atoms with Gasteiger partial charge in [0.1, 0.15) is 5.75 Å². The maximum Gasteiger partial charge on any atom is 0.226 e. The topological polar surface area (TPSA) is 38.8 Å². The molecule has 1 aliphatic rings. The fourth-order valence-corrected chi connectivity index (χ4v) is 1.97. The van der Waals surface area contributed by atoms with Gasteiger partial charge in [-0.15, -0.1) is 0 Å². The summed E-state index contributed by atoms with van der Waals surface area (Å²) < 4.78 is 10.7. The van der Waals surface area contributed by atoms with Gasteiger partial charge in [-0.2, -0.15) is 0 Å². The fourth-order valence-electron chi connectivity index (χ4n) is 1.78. The molecule has 2 rings (SSSR count). The maximum absolute atomic E-state index is 11.8. The van der Waals surface area contributed by atoms with Crippen LogP contribution in [-0.2, 0) is 9.53 Å². The van der Waals surface area contributed by atoms with Gasteiger partial charge in [-0.3, -0.25) is 4.79 Å². The SMILES string of the molecule is O=C(CCOc1ccccc1Cl)N1CCOCC1. The van der Waals surface area contributed by atoms with Gasteiger partial charge in [0.15, 0.2) is 0 Å². The zero-order valence-corrected chi connectivity index (χ0v) is 10.9. The average Bonchev–Trinajstić information content (AvgIpc) is 2.42. The van der Waals surface area contributed by atoms with Gasteiger partial charge in [0.25, 0.3) is 0 Å². The predicted molar refractivity (Wildman–Crippen MR) is 69.0 cm³/mol. The van der Waals surface area contributed by atoms with Gasteiger partial charge in [-0.25, -0.2) is 0 Å². The van der Waals surface area contributed by atoms with E-state index in [4.69, 9.17) is 21.1 Å². The number of benzene rings is 1. The number of ether oxygens (including phenoxy) is 2. The summed E-state index contributed by atoms with van der Waals surface area (Å²) in [5.41, 5.74) is 0. The van der Waals surface area contributed by atoms with E-state index < -0.39 is 0 Å². The molecule has 5 heteroatoms. The van der Waals surface area contributed by atoms with Crippen molar-refractivity contribution in [3.05, 3.63) is 29.3 Å². The van der Waals surface area contributed by atoms with E-state index >= 15 is 0 Å². The van der Waals surface area contributed by atoms with Crippen molar-refractivity contribution in [2.75, 3.05) is 32.9 Å². The molecule has 98 valence electrons. The van der Waals surface area contributed by atoms with Crippen LogP contribution in [0.5, 0.6) is 5.75 Å². The predicted octanol–water partition coefficient (Wildman–Crippen LogP) is 1.97. The normalized spacial score (nSPS) is 15.5. The highest BCUT2D eigenvalue weighted by Gasteiger charge is 2.16. The minimum atomic E-state index is 0.102. The second-order valence-electron chi connectivity index (χ2n) is 4.02. The van der Waals surface area contributed by atoms with E-state index in [-0.39, 0.29) is 5.91 Å². The van der Waals surface area contributed by atoms with Crippen LogP contribution in [0.15, 0.2) is 24.3 Å². The Balaban J connectivity index is 1.75. The Labute approximate surface area is 111 Å².